The number of nitrogens with zero attached hydrogens (tertiary/aromatic N) is 3. The molecule has 0 aliphatic carbocycles. The standard InChI is InChI=1S/C10H5N3O3/c11-6-9-5-10(12-16-9)7-1-3-8(4-2-7)13(14)15/h1-5H. The van der Waals surface area contributed by atoms with Crippen LogP contribution in [0.25, 0.3) is 11.3 Å². The van der Waals surface area contributed by atoms with Gasteiger partial charge in [-0.2, -0.15) is 5.26 Å². The van der Waals surface area contributed by atoms with Gasteiger partial charge in [0.25, 0.3) is 5.69 Å². The van der Waals surface area contributed by atoms with Crippen LogP contribution in [0.2, 0.25) is 0 Å². The second-order valence-corrected chi connectivity index (χ2v) is 2.99. The number of rotatable bonds is 2. The quantitative estimate of drug-likeness (QED) is 0.565. The smallest absolute Gasteiger partial charge is 0.269 e. The van der Waals surface area contributed by atoms with E-state index in [0.717, 1.165) is 0 Å². The third kappa shape index (κ3) is 1.74. The lowest BCUT2D eigenvalue weighted by Gasteiger charge is -1.94. The SMILES string of the molecule is N#Cc1cc(-c2ccc([N+](=O)[O-])cc2)no1. The maximum atomic E-state index is 10.4. The number of nitro benzene ring substituents is 1. The van der Waals surface area contributed by atoms with E-state index in [9.17, 15) is 10.1 Å². The van der Waals surface area contributed by atoms with Crippen LogP contribution < -0.4 is 0 Å². The summed E-state index contributed by atoms with van der Waals surface area (Å²) < 4.78 is 4.70. The summed E-state index contributed by atoms with van der Waals surface area (Å²) in [5.74, 6) is 0.105. The fourth-order valence-electron chi connectivity index (χ4n) is 1.22. The van der Waals surface area contributed by atoms with Gasteiger partial charge in [-0.15, -0.1) is 0 Å². The lowest BCUT2D eigenvalue weighted by atomic mass is 10.1. The van der Waals surface area contributed by atoms with Crippen LogP contribution in [-0.2, 0) is 0 Å². The summed E-state index contributed by atoms with van der Waals surface area (Å²) in [7, 11) is 0. The summed E-state index contributed by atoms with van der Waals surface area (Å²) in [5.41, 5.74) is 1.15. The molecule has 0 amide bonds. The maximum absolute atomic E-state index is 10.4. The number of non-ortho nitro benzene ring substituents is 1. The highest BCUT2D eigenvalue weighted by molar-refractivity contribution is 5.61. The molecule has 2 aromatic rings. The summed E-state index contributed by atoms with van der Waals surface area (Å²) in [6.45, 7) is 0. The Morgan fingerprint density at radius 2 is 2.06 bits per heavy atom. The Bertz CT molecular complexity index is 566. The van der Waals surface area contributed by atoms with Gasteiger partial charge in [-0.05, 0) is 12.1 Å². The van der Waals surface area contributed by atoms with Crippen LogP contribution in [0.15, 0.2) is 34.9 Å². The summed E-state index contributed by atoms with van der Waals surface area (Å²) in [5, 5.41) is 22.6. The normalized spacial score (nSPS) is 9.69. The molecule has 1 heterocycles. The number of hydrogen-bond donors (Lipinski definition) is 0. The minimum absolute atomic E-state index is 0.00718. The third-order valence-corrected chi connectivity index (χ3v) is 1.99. The molecule has 0 atom stereocenters. The van der Waals surface area contributed by atoms with Gasteiger partial charge in [0.1, 0.15) is 11.8 Å². The minimum atomic E-state index is -0.479. The lowest BCUT2D eigenvalue weighted by molar-refractivity contribution is -0.384. The third-order valence-electron chi connectivity index (χ3n) is 1.99. The molecule has 6 heteroatoms. The predicted molar refractivity (Wildman–Crippen MR) is 53.3 cm³/mol. The van der Waals surface area contributed by atoms with E-state index in [0.29, 0.717) is 11.3 Å². The molecule has 0 bridgehead atoms. The highest BCUT2D eigenvalue weighted by atomic mass is 16.6. The molecule has 0 unspecified atom stereocenters. The van der Waals surface area contributed by atoms with E-state index >= 15 is 0 Å². The van der Waals surface area contributed by atoms with Crippen molar-refractivity contribution in [3.63, 3.8) is 0 Å². The Balaban J connectivity index is 2.35. The molecular formula is C10H5N3O3. The van der Waals surface area contributed by atoms with Gasteiger partial charge in [0, 0.05) is 23.8 Å². The first kappa shape index (κ1) is 9.86. The predicted octanol–water partition coefficient (Wildman–Crippen LogP) is 2.12. The lowest BCUT2D eigenvalue weighted by Crippen LogP contribution is -1.87. The molecule has 0 saturated carbocycles. The molecule has 16 heavy (non-hydrogen) atoms. The van der Waals surface area contributed by atoms with Crippen molar-refractivity contribution in [2.45, 2.75) is 0 Å². The summed E-state index contributed by atoms with van der Waals surface area (Å²) in [6.07, 6.45) is 0. The summed E-state index contributed by atoms with van der Waals surface area (Å²) >= 11 is 0. The Kier molecular flexibility index (Phi) is 2.36. The van der Waals surface area contributed by atoms with Crippen molar-refractivity contribution in [3.05, 3.63) is 46.2 Å². The topological polar surface area (TPSA) is 93.0 Å². The molecular weight excluding hydrogens is 210 g/mol. The largest absolute Gasteiger partial charge is 0.345 e. The van der Waals surface area contributed by atoms with Gasteiger partial charge in [-0.3, -0.25) is 10.1 Å². The highest BCUT2D eigenvalue weighted by Gasteiger charge is 2.08. The highest BCUT2D eigenvalue weighted by Crippen LogP contribution is 2.21. The van der Waals surface area contributed by atoms with Crippen LogP contribution >= 0.6 is 0 Å². The van der Waals surface area contributed by atoms with Crippen LogP contribution in [-0.4, -0.2) is 10.1 Å². The second kappa shape index (κ2) is 3.82. The van der Waals surface area contributed by atoms with Gasteiger partial charge in [0.2, 0.25) is 5.76 Å². The van der Waals surface area contributed by atoms with Gasteiger partial charge in [-0.25, -0.2) is 0 Å². The van der Waals surface area contributed by atoms with Gasteiger partial charge in [0.15, 0.2) is 0 Å². The van der Waals surface area contributed by atoms with Gasteiger partial charge in [0.05, 0.1) is 4.92 Å². The molecule has 0 radical (unpaired) electrons. The average Bonchev–Trinajstić information content (AvgIpc) is 2.77. The number of nitriles is 1. The molecule has 0 saturated heterocycles. The fraction of sp³-hybridized carbons (Fsp3) is 0. The molecule has 0 N–H and O–H groups in total. The van der Waals surface area contributed by atoms with Crippen LogP contribution in [0.4, 0.5) is 5.69 Å². The molecule has 1 aromatic carbocycles. The zero-order chi connectivity index (χ0) is 11.5. The summed E-state index contributed by atoms with van der Waals surface area (Å²) in [4.78, 5) is 9.95. The number of benzene rings is 1. The average molecular weight is 215 g/mol. The first-order valence-corrected chi connectivity index (χ1v) is 4.32. The minimum Gasteiger partial charge on any atom is -0.345 e. The van der Waals surface area contributed by atoms with Crippen molar-refractivity contribution in [2.75, 3.05) is 0 Å². The number of hydrogen-bond acceptors (Lipinski definition) is 5. The van der Waals surface area contributed by atoms with Crippen LogP contribution in [0, 0.1) is 21.4 Å². The summed E-state index contributed by atoms with van der Waals surface area (Å²) in [6, 6.07) is 9.13. The van der Waals surface area contributed by atoms with E-state index in [-0.39, 0.29) is 11.4 Å². The van der Waals surface area contributed by atoms with E-state index in [1.165, 1.54) is 18.2 Å². The van der Waals surface area contributed by atoms with Crippen molar-refractivity contribution < 1.29 is 9.45 Å². The Morgan fingerprint density at radius 3 is 2.56 bits per heavy atom. The molecule has 0 fully saturated rings. The van der Waals surface area contributed by atoms with E-state index < -0.39 is 4.92 Å². The van der Waals surface area contributed by atoms with Crippen molar-refractivity contribution in [1.29, 1.82) is 5.26 Å². The Morgan fingerprint density at radius 1 is 1.38 bits per heavy atom. The first-order chi connectivity index (χ1) is 7.70. The number of aromatic nitrogens is 1. The van der Waals surface area contributed by atoms with Gasteiger partial charge >= 0.3 is 0 Å². The van der Waals surface area contributed by atoms with Gasteiger partial charge < -0.3 is 4.52 Å². The maximum Gasteiger partial charge on any atom is 0.269 e. The molecule has 78 valence electrons. The fourth-order valence-corrected chi connectivity index (χ4v) is 1.22. The molecule has 0 aliphatic rings. The van der Waals surface area contributed by atoms with E-state index in [1.54, 1.807) is 12.1 Å². The van der Waals surface area contributed by atoms with Crippen LogP contribution in [0.3, 0.4) is 0 Å². The van der Waals surface area contributed by atoms with Crippen LogP contribution in [0.1, 0.15) is 5.76 Å². The van der Waals surface area contributed by atoms with Gasteiger partial charge in [-0.1, -0.05) is 5.16 Å². The molecule has 1 aromatic heterocycles. The van der Waals surface area contributed by atoms with E-state index in [1.807, 2.05) is 6.07 Å². The Hall–Kier alpha value is -2.68. The zero-order valence-electron chi connectivity index (χ0n) is 7.95. The monoisotopic (exact) mass is 215 g/mol. The van der Waals surface area contributed by atoms with E-state index in [4.69, 9.17) is 9.78 Å². The second-order valence-electron chi connectivity index (χ2n) is 2.99. The first-order valence-electron chi connectivity index (χ1n) is 4.32. The number of nitro groups is 1. The molecule has 6 nitrogen and oxygen atoms in total. The van der Waals surface area contributed by atoms with E-state index in [2.05, 4.69) is 5.16 Å². The van der Waals surface area contributed by atoms with Crippen molar-refractivity contribution >= 4 is 5.69 Å². The molecule has 2 rings (SSSR count). The van der Waals surface area contributed by atoms with Crippen LogP contribution in [0.5, 0.6) is 0 Å². The zero-order valence-corrected chi connectivity index (χ0v) is 7.95. The molecule has 0 aliphatic heterocycles. The van der Waals surface area contributed by atoms with Crippen molar-refractivity contribution in [2.24, 2.45) is 0 Å². The Labute approximate surface area is 89.9 Å². The molecule has 0 spiro atoms. The van der Waals surface area contributed by atoms with Crippen molar-refractivity contribution in [3.8, 4) is 17.3 Å². The van der Waals surface area contributed by atoms with Crippen molar-refractivity contribution in [1.82, 2.24) is 5.16 Å².